The lowest BCUT2D eigenvalue weighted by atomic mass is 10.0. The van der Waals surface area contributed by atoms with Gasteiger partial charge in [-0.05, 0) is 32.0 Å². The van der Waals surface area contributed by atoms with E-state index in [0.717, 1.165) is 19.1 Å². The minimum Gasteiger partial charge on any atom is -0.305 e. The maximum atomic E-state index is 13.8. The van der Waals surface area contributed by atoms with Crippen LogP contribution in [-0.4, -0.2) is 40.0 Å². The summed E-state index contributed by atoms with van der Waals surface area (Å²) in [5.41, 5.74) is -2.81. The van der Waals surface area contributed by atoms with Gasteiger partial charge in [0.2, 0.25) is 0 Å². The molecule has 3 aromatic rings. The van der Waals surface area contributed by atoms with Crippen LogP contribution in [0, 0.1) is 0 Å². The zero-order valence-corrected chi connectivity index (χ0v) is 17.8. The third-order valence-corrected chi connectivity index (χ3v) is 5.53. The van der Waals surface area contributed by atoms with E-state index in [1.807, 2.05) is 0 Å². The summed E-state index contributed by atoms with van der Waals surface area (Å²) in [5, 5.41) is 3.85. The number of alkyl halides is 2. The second kappa shape index (κ2) is 7.72. The molecule has 0 unspecified atom stereocenters. The van der Waals surface area contributed by atoms with Crippen molar-refractivity contribution >= 4 is 26.8 Å². The number of hydrogen-bond acceptors (Lipinski definition) is 6. The number of carbonyl (C=O) groups is 1. The van der Waals surface area contributed by atoms with Crippen molar-refractivity contribution < 1.29 is 22.0 Å². The molecule has 0 aliphatic rings. The van der Waals surface area contributed by atoms with Crippen molar-refractivity contribution in [2.45, 2.75) is 33.2 Å². The number of hydrogen-bond donors (Lipinski definition) is 1. The molecule has 1 aromatic carbocycles. The number of benzene rings is 1. The van der Waals surface area contributed by atoms with E-state index >= 15 is 0 Å². The molecule has 0 aliphatic heterocycles. The molecule has 31 heavy (non-hydrogen) atoms. The number of nitrogens with zero attached hydrogens (tertiary/aromatic N) is 4. The minimum atomic E-state index is -4.33. The Kier molecular flexibility index (Phi) is 5.56. The van der Waals surface area contributed by atoms with Crippen molar-refractivity contribution in [2.75, 3.05) is 10.7 Å². The molecule has 0 saturated heterocycles. The first-order valence-electron chi connectivity index (χ1n) is 9.00. The van der Waals surface area contributed by atoms with Gasteiger partial charge in [0.05, 0.1) is 22.9 Å². The van der Waals surface area contributed by atoms with Gasteiger partial charge in [-0.25, -0.2) is 22.0 Å². The second-order valence-electron chi connectivity index (χ2n) is 7.11. The maximum Gasteiger partial charge on any atom is 0.349 e. The number of H-pyrrole nitrogens is 1. The molecule has 0 saturated carbocycles. The summed E-state index contributed by atoms with van der Waals surface area (Å²) >= 11 is 0. The Balaban J connectivity index is 2.45. The van der Waals surface area contributed by atoms with Crippen LogP contribution in [0.25, 0.3) is 22.2 Å². The van der Waals surface area contributed by atoms with Gasteiger partial charge in [0, 0.05) is 30.3 Å². The van der Waals surface area contributed by atoms with Gasteiger partial charge in [-0.1, -0.05) is 0 Å². The van der Waals surface area contributed by atoms with Crippen LogP contribution in [0.2, 0.25) is 0 Å². The van der Waals surface area contributed by atoms with Crippen LogP contribution in [0.3, 0.4) is 0 Å². The molecular weight excluding hydrogens is 436 g/mol. The van der Waals surface area contributed by atoms with Gasteiger partial charge in [-0.2, -0.15) is 5.10 Å². The molecule has 13 heteroatoms. The fraction of sp³-hybridized carbons (Fsp3) is 0.333. The van der Waals surface area contributed by atoms with Crippen LogP contribution in [0.4, 0.5) is 8.78 Å². The lowest BCUT2D eigenvalue weighted by Crippen LogP contribution is -2.55. The zero-order valence-electron chi connectivity index (χ0n) is 17.0. The Hall–Kier alpha value is -3.35. The first-order chi connectivity index (χ1) is 14.3. The van der Waals surface area contributed by atoms with Crippen molar-refractivity contribution in [1.29, 1.82) is 0 Å². The molecule has 1 N–H and O–H groups in total. The van der Waals surface area contributed by atoms with E-state index in [9.17, 15) is 31.6 Å². The van der Waals surface area contributed by atoms with Crippen molar-refractivity contribution in [3.05, 3.63) is 50.8 Å². The van der Waals surface area contributed by atoms with Crippen LogP contribution in [-0.2, 0) is 14.8 Å². The molecule has 0 fully saturated rings. The molecule has 166 valence electrons. The molecule has 0 bridgehead atoms. The standard InChI is InChI=1S/C18H19F2N5O5S/c1-9(2)23-15(5-6-21-23)11-7-13-14(8-12(11)16(19)20)22-18(28)24(17(13)27)25(10(3)26)31(4,29)30/h5-9,16H,1-4H3,(H,22,28). The number of carbonyl (C=O) groups excluding carboxylic acids is 1. The molecule has 0 atom stereocenters. The number of aromatic amines is 1. The van der Waals surface area contributed by atoms with E-state index in [-0.39, 0.29) is 31.6 Å². The summed E-state index contributed by atoms with van der Waals surface area (Å²) in [5.74, 6) is -1.10. The average Bonchev–Trinajstić information content (AvgIpc) is 3.12. The van der Waals surface area contributed by atoms with E-state index < -0.39 is 39.2 Å². The van der Waals surface area contributed by atoms with E-state index in [4.69, 9.17) is 0 Å². The van der Waals surface area contributed by atoms with Crippen LogP contribution >= 0.6 is 0 Å². The quantitative estimate of drug-likeness (QED) is 0.621. The summed E-state index contributed by atoms with van der Waals surface area (Å²) in [7, 11) is -4.33. The molecule has 0 radical (unpaired) electrons. The molecule has 3 rings (SSSR count). The van der Waals surface area contributed by atoms with Gasteiger partial charge in [0.1, 0.15) is 0 Å². The number of aromatic nitrogens is 4. The van der Waals surface area contributed by atoms with Gasteiger partial charge in [-0.3, -0.25) is 14.3 Å². The Morgan fingerprint density at radius 3 is 2.39 bits per heavy atom. The number of nitrogens with one attached hydrogen (secondary N) is 1. The highest BCUT2D eigenvalue weighted by Gasteiger charge is 2.28. The summed E-state index contributed by atoms with van der Waals surface area (Å²) < 4.78 is 53.3. The highest BCUT2D eigenvalue weighted by Crippen LogP contribution is 2.34. The largest absolute Gasteiger partial charge is 0.349 e. The molecule has 0 spiro atoms. The number of amides is 1. The lowest BCUT2D eigenvalue weighted by Gasteiger charge is -2.20. The first-order valence-corrected chi connectivity index (χ1v) is 10.9. The molecule has 1 amide bonds. The van der Waals surface area contributed by atoms with Crippen molar-refractivity contribution in [3.63, 3.8) is 0 Å². The zero-order chi connectivity index (χ0) is 23.2. The summed E-state index contributed by atoms with van der Waals surface area (Å²) in [6.45, 7) is 4.45. The second-order valence-corrected chi connectivity index (χ2v) is 8.92. The average molecular weight is 455 g/mol. The summed E-state index contributed by atoms with van der Waals surface area (Å²) in [6.07, 6.45) is -0.872. The maximum absolute atomic E-state index is 13.8. The SMILES string of the molecule is CC(=O)N(n1c(=O)[nH]c2cc(C(F)F)c(-c3ccnn3C(C)C)cc2c1=O)S(C)(=O)=O. The number of rotatable bonds is 5. The normalized spacial score (nSPS) is 12.1. The highest BCUT2D eigenvalue weighted by molar-refractivity contribution is 7.92. The lowest BCUT2D eigenvalue weighted by molar-refractivity contribution is -0.116. The number of halogens is 2. The molecule has 0 aliphatic carbocycles. The highest BCUT2D eigenvalue weighted by atomic mass is 32.2. The predicted octanol–water partition coefficient (Wildman–Crippen LogP) is 1.52. The van der Waals surface area contributed by atoms with E-state index in [0.29, 0.717) is 11.9 Å². The van der Waals surface area contributed by atoms with E-state index in [2.05, 4.69) is 10.1 Å². The van der Waals surface area contributed by atoms with E-state index in [1.54, 1.807) is 13.8 Å². The predicted molar refractivity (Wildman–Crippen MR) is 109 cm³/mol. The van der Waals surface area contributed by atoms with Crippen LogP contribution in [0.15, 0.2) is 34.0 Å². The van der Waals surface area contributed by atoms with Gasteiger partial charge >= 0.3 is 5.69 Å². The third-order valence-electron chi connectivity index (χ3n) is 4.48. The van der Waals surface area contributed by atoms with E-state index in [1.165, 1.54) is 16.9 Å². The van der Waals surface area contributed by atoms with Crippen molar-refractivity contribution in [2.24, 2.45) is 0 Å². The van der Waals surface area contributed by atoms with Crippen LogP contribution in [0.1, 0.15) is 38.8 Å². The minimum absolute atomic E-state index is 0.0156. The van der Waals surface area contributed by atoms with Gasteiger partial charge in [0.15, 0.2) is 0 Å². The molecule has 2 aromatic heterocycles. The van der Waals surface area contributed by atoms with Gasteiger partial charge in [-0.15, -0.1) is 9.09 Å². The smallest absolute Gasteiger partial charge is 0.305 e. The third kappa shape index (κ3) is 3.87. The number of fused-ring (bicyclic) bond motifs is 1. The summed E-state index contributed by atoms with van der Waals surface area (Å²) in [4.78, 5) is 39.5. The Morgan fingerprint density at radius 2 is 1.87 bits per heavy atom. The topological polar surface area (TPSA) is 127 Å². The Labute approximate surface area is 174 Å². The van der Waals surface area contributed by atoms with Gasteiger partial charge in [0.25, 0.3) is 27.9 Å². The molecule has 2 heterocycles. The molecular formula is C18H19F2N5O5S. The van der Waals surface area contributed by atoms with Crippen molar-refractivity contribution in [3.8, 4) is 11.3 Å². The summed E-state index contributed by atoms with van der Waals surface area (Å²) in [6, 6.07) is 3.40. The van der Waals surface area contributed by atoms with Gasteiger partial charge < -0.3 is 4.98 Å². The fourth-order valence-electron chi connectivity index (χ4n) is 3.30. The fourth-order valence-corrected chi connectivity index (χ4v) is 4.21. The Morgan fingerprint density at radius 1 is 1.23 bits per heavy atom. The molecule has 10 nitrogen and oxygen atoms in total. The number of sulfonamides is 1. The first kappa shape index (κ1) is 22.3. The monoisotopic (exact) mass is 455 g/mol. The van der Waals surface area contributed by atoms with Crippen LogP contribution < -0.4 is 15.7 Å². The Bertz CT molecular complexity index is 1400. The van der Waals surface area contributed by atoms with Crippen molar-refractivity contribution in [1.82, 2.24) is 19.4 Å². The van der Waals surface area contributed by atoms with Crippen LogP contribution in [0.5, 0.6) is 0 Å².